The van der Waals surface area contributed by atoms with E-state index in [2.05, 4.69) is 26.4 Å². The number of carbonyl (C=O) groups is 1. The minimum atomic E-state index is -0.564. The van der Waals surface area contributed by atoms with Gasteiger partial charge in [-0.05, 0) is 36.5 Å². The molecule has 2 aromatic carbocycles. The zero-order valence-electron chi connectivity index (χ0n) is 13.0. The minimum absolute atomic E-state index is 0.0568. The van der Waals surface area contributed by atoms with Gasteiger partial charge in [-0.2, -0.15) is 5.10 Å². The Labute approximate surface area is 162 Å². The van der Waals surface area contributed by atoms with Crippen molar-refractivity contribution in [3.05, 3.63) is 68.6 Å². The molecule has 7 nitrogen and oxygen atoms in total. The van der Waals surface area contributed by atoms with Crippen molar-refractivity contribution < 1.29 is 4.79 Å². The molecule has 26 heavy (non-hydrogen) atoms. The molecule has 0 bridgehead atoms. The Morgan fingerprint density at radius 2 is 1.69 bits per heavy atom. The van der Waals surface area contributed by atoms with Gasteiger partial charge >= 0.3 is 0 Å². The number of carbonyl (C=O) groups excluding carboxylic acids is 1. The lowest BCUT2D eigenvalue weighted by Crippen LogP contribution is -2.44. The second-order valence-electron chi connectivity index (χ2n) is 5.14. The van der Waals surface area contributed by atoms with Crippen molar-refractivity contribution in [2.45, 2.75) is 0 Å². The molecule has 0 spiro atoms. The molecule has 3 aromatic rings. The van der Waals surface area contributed by atoms with Crippen LogP contribution in [0.1, 0.15) is 10.5 Å². The predicted octanol–water partition coefficient (Wildman–Crippen LogP) is 2.86. The first kappa shape index (κ1) is 18.1. The Balaban J connectivity index is 1.70. The van der Waals surface area contributed by atoms with Crippen molar-refractivity contribution in [2.24, 2.45) is 0 Å². The van der Waals surface area contributed by atoms with Gasteiger partial charge in [-0.25, -0.2) is 5.10 Å². The fourth-order valence-electron chi connectivity index (χ4n) is 2.25. The number of hydrazine groups is 1. The fourth-order valence-corrected chi connectivity index (χ4v) is 2.94. The number of aromatic nitrogens is 2. The standard InChI is InChI=1S/C16H11Cl2N5O2S/c17-8-5-9(18)7-10(6-8)19-16(26)23-22-15(25)13-11-3-1-2-4-12(11)14(24)21-20-13/h1-7H,(H,21,24)(H,22,25)(H2,19,23,26). The largest absolute Gasteiger partial charge is 0.331 e. The molecular weight excluding hydrogens is 397 g/mol. The molecule has 0 fully saturated rings. The van der Waals surface area contributed by atoms with Gasteiger partial charge in [0.2, 0.25) is 0 Å². The van der Waals surface area contributed by atoms with Gasteiger partial charge in [0.1, 0.15) is 0 Å². The topological polar surface area (TPSA) is 98.9 Å². The zero-order chi connectivity index (χ0) is 18.7. The lowest BCUT2D eigenvalue weighted by Gasteiger charge is -2.12. The molecule has 3 rings (SSSR count). The Kier molecular flexibility index (Phi) is 5.36. The van der Waals surface area contributed by atoms with E-state index < -0.39 is 5.91 Å². The van der Waals surface area contributed by atoms with Crippen LogP contribution in [0.2, 0.25) is 10.0 Å². The van der Waals surface area contributed by atoms with Gasteiger partial charge in [0.05, 0.1) is 5.39 Å². The van der Waals surface area contributed by atoms with Gasteiger partial charge in [0.15, 0.2) is 10.8 Å². The number of amides is 1. The molecule has 4 N–H and O–H groups in total. The van der Waals surface area contributed by atoms with E-state index in [1.807, 2.05) is 0 Å². The summed E-state index contributed by atoms with van der Waals surface area (Å²) in [5, 5.41) is 10.7. The molecule has 0 aliphatic heterocycles. The average molecular weight is 408 g/mol. The first-order valence-corrected chi connectivity index (χ1v) is 8.41. The quantitative estimate of drug-likeness (QED) is 0.385. The molecule has 132 valence electrons. The highest BCUT2D eigenvalue weighted by atomic mass is 35.5. The molecule has 0 saturated carbocycles. The highest BCUT2D eigenvalue weighted by Crippen LogP contribution is 2.22. The summed E-state index contributed by atoms with van der Waals surface area (Å²) in [6.45, 7) is 0. The lowest BCUT2D eigenvalue weighted by molar-refractivity contribution is 0.0940. The second-order valence-corrected chi connectivity index (χ2v) is 6.42. The van der Waals surface area contributed by atoms with E-state index >= 15 is 0 Å². The van der Waals surface area contributed by atoms with Gasteiger partial charge in [-0.15, -0.1) is 0 Å². The third-order valence-electron chi connectivity index (χ3n) is 3.32. The maximum Gasteiger partial charge on any atom is 0.290 e. The van der Waals surface area contributed by atoms with E-state index in [9.17, 15) is 9.59 Å². The summed E-state index contributed by atoms with van der Waals surface area (Å²) in [5.74, 6) is -0.564. The molecular formula is C16H11Cl2N5O2S. The van der Waals surface area contributed by atoms with Crippen LogP contribution in [0.5, 0.6) is 0 Å². The van der Waals surface area contributed by atoms with E-state index in [4.69, 9.17) is 35.4 Å². The SMILES string of the molecule is O=C(NNC(=S)Nc1cc(Cl)cc(Cl)c1)c1n[nH]c(=O)c2ccccc12. The highest BCUT2D eigenvalue weighted by molar-refractivity contribution is 7.80. The summed E-state index contributed by atoms with van der Waals surface area (Å²) in [4.78, 5) is 24.1. The maximum absolute atomic E-state index is 12.3. The number of thiocarbonyl (C=S) groups is 1. The van der Waals surface area contributed by atoms with Crippen molar-refractivity contribution in [3.8, 4) is 0 Å². The number of aromatic amines is 1. The van der Waals surface area contributed by atoms with Gasteiger partial charge in [0, 0.05) is 21.1 Å². The highest BCUT2D eigenvalue weighted by Gasteiger charge is 2.14. The molecule has 1 aromatic heterocycles. The number of hydrogen-bond acceptors (Lipinski definition) is 4. The first-order chi connectivity index (χ1) is 12.4. The molecule has 1 amide bonds. The number of H-pyrrole nitrogens is 1. The summed E-state index contributed by atoms with van der Waals surface area (Å²) in [7, 11) is 0. The normalized spacial score (nSPS) is 10.4. The second kappa shape index (κ2) is 7.69. The Hall–Kier alpha value is -2.68. The lowest BCUT2D eigenvalue weighted by atomic mass is 10.1. The first-order valence-electron chi connectivity index (χ1n) is 7.25. The monoisotopic (exact) mass is 407 g/mol. The van der Waals surface area contributed by atoms with E-state index in [0.29, 0.717) is 26.5 Å². The number of benzene rings is 2. The molecule has 0 saturated heterocycles. The fraction of sp³-hybridized carbons (Fsp3) is 0. The summed E-state index contributed by atoms with van der Waals surface area (Å²) >= 11 is 16.9. The number of fused-ring (bicyclic) bond motifs is 1. The van der Waals surface area contributed by atoms with Crippen molar-refractivity contribution >= 4 is 62.9 Å². The van der Waals surface area contributed by atoms with Crippen LogP contribution in [0, 0.1) is 0 Å². The van der Waals surface area contributed by atoms with Crippen molar-refractivity contribution in [3.63, 3.8) is 0 Å². The zero-order valence-corrected chi connectivity index (χ0v) is 15.3. The molecule has 0 aliphatic carbocycles. The van der Waals surface area contributed by atoms with Crippen molar-refractivity contribution in [2.75, 3.05) is 5.32 Å². The van der Waals surface area contributed by atoms with Crippen LogP contribution in [0.3, 0.4) is 0 Å². The van der Waals surface area contributed by atoms with E-state index in [-0.39, 0.29) is 16.4 Å². The molecule has 0 radical (unpaired) electrons. The smallest absolute Gasteiger partial charge is 0.290 e. The molecule has 0 aliphatic rings. The van der Waals surface area contributed by atoms with Gasteiger partial charge < -0.3 is 5.32 Å². The van der Waals surface area contributed by atoms with E-state index in [1.54, 1.807) is 42.5 Å². The Bertz CT molecular complexity index is 1050. The minimum Gasteiger partial charge on any atom is -0.331 e. The van der Waals surface area contributed by atoms with Crippen LogP contribution in [0.4, 0.5) is 5.69 Å². The van der Waals surface area contributed by atoms with Crippen molar-refractivity contribution in [1.82, 2.24) is 21.0 Å². The Morgan fingerprint density at radius 3 is 2.38 bits per heavy atom. The van der Waals surface area contributed by atoms with Gasteiger partial charge in [-0.3, -0.25) is 20.4 Å². The van der Waals surface area contributed by atoms with Crippen LogP contribution in [0.25, 0.3) is 10.8 Å². The van der Waals surface area contributed by atoms with E-state index in [0.717, 1.165) is 0 Å². The molecule has 1 heterocycles. The third kappa shape index (κ3) is 4.10. The number of anilines is 1. The maximum atomic E-state index is 12.3. The summed E-state index contributed by atoms with van der Waals surface area (Å²) in [6, 6.07) is 11.5. The van der Waals surface area contributed by atoms with Crippen LogP contribution in [0.15, 0.2) is 47.3 Å². The molecule has 0 atom stereocenters. The van der Waals surface area contributed by atoms with Crippen LogP contribution in [-0.2, 0) is 0 Å². The predicted molar refractivity (Wildman–Crippen MR) is 106 cm³/mol. The number of halogens is 2. The number of rotatable bonds is 2. The van der Waals surface area contributed by atoms with Crippen molar-refractivity contribution in [1.29, 1.82) is 0 Å². The Morgan fingerprint density at radius 1 is 1.04 bits per heavy atom. The summed E-state index contributed by atoms with van der Waals surface area (Å²) < 4.78 is 0. The summed E-state index contributed by atoms with van der Waals surface area (Å²) in [5.41, 5.74) is 5.21. The van der Waals surface area contributed by atoms with Gasteiger partial charge in [-0.1, -0.05) is 41.4 Å². The average Bonchev–Trinajstić information content (AvgIpc) is 2.59. The van der Waals surface area contributed by atoms with E-state index in [1.165, 1.54) is 0 Å². The number of hydrogen-bond donors (Lipinski definition) is 4. The number of nitrogens with one attached hydrogen (secondary N) is 4. The van der Waals surface area contributed by atoms with Crippen LogP contribution in [-0.4, -0.2) is 21.2 Å². The molecule has 10 heteroatoms. The number of nitrogens with zero attached hydrogens (tertiary/aromatic N) is 1. The van der Waals surface area contributed by atoms with Gasteiger partial charge in [0.25, 0.3) is 11.5 Å². The summed E-state index contributed by atoms with van der Waals surface area (Å²) in [6.07, 6.45) is 0. The van der Waals surface area contributed by atoms with Crippen LogP contribution < -0.4 is 21.7 Å². The molecule has 0 unspecified atom stereocenters. The third-order valence-corrected chi connectivity index (χ3v) is 3.96. The van der Waals surface area contributed by atoms with Crippen LogP contribution >= 0.6 is 35.4 Å².